The Balaban J connectivity index is 1.39. The number of carbonyl (C=O) groups is 2. The van der Waals surface area contributed by atoms with Gasteiger partial charge in [0.15, 0.2) is 0 Å². The van der Waals surface area contributed by atoms with Crippen LogP contribution in [0.4, 0.5) is 5.69 Å². The van der Waals surface area contributed by atoms with E-state index in [0.717, 1.165) is 77.8 Å². The Labute approximate surface area is 246 Å². The van der Waals surface area contributed by atoms with Crippen LogP contribution in [0.1, 0.15) is 55.5 Å². The number of benzene rings is 2. The molecule has 4 aromatic rings. The number of hydrogen-bond acceptors (Lipinski definition) is 6. The van der Waals surface area contributed by atoms with Gasteiger partial charge in [-0.15, -0.1) is 11.3 Å². The molecule has 2 amide bonds. The van der Waals surface area contributed by atoms with Gasteiger partial charge in [-0.25, -0.2) is 4.98 Å². The number of carbonyl (C=O) groups excluding carboxylic acids is 2. The van der Waals surface area contributed by atoms with Crippen molar-refractivity contribution in [3.8, 4) is 11.1 Å². The second-order valence-electron chi connectivity index (χ2n) is 10.6. The van der Waals surface area contributed by atoms with Crippen LogP contribution in [0, 0.1) is 0 Å². The third-order valence-corrected chi connectivity index (χ3v) is 8.67. The standard InChI is InChI=1S/C33H38N4O3S/c1-40-24-33(39)37-20-8-4-2-3-7-19-36(23-27-21-25(16-17-29(27)37)26-11-10-18-34-22-26)32(38)15-9-14-31-35-28-12-5-6-13-30(28)41-31/h5-6,10-13,16-18,21-22H,2-4,7-9,14-15,19-20,23-24H2,1H3. The molecule has 3 heterocycles. The van der Waals surface area contributed by atoms with Crippen LogP contribution in [-0.2, 0) is 27.3 Å². The van der Waals surface area contributed by atoms with Crippen LogP contribution in [0.5, 0.6) is 0 Å². The van der Waals surface area contributed by atoms with Crippen LogP contribution < -0.4 is 4.90 Å². The van der Waals surface area contributed by atoms with Crippen LogP contribution in [-0.4, -0.2) is 53.5 Å². The fraction of sp³-hybridized carbons (Fsp3) is 0.394. The molecule has 0 saturated carbocycles. The van der Waals surface area contributed by atoms with Gasteiger partial charge in [-0.2, -0.15) is 0 Å². The van der Waals surface area contributed by atoms with Gasteiger partial charge in [0, 0.05) is 51.2 Å². The second-order valence-corrected chi connectivity index (χ2v) is 11.7. The predicted octanol–water partition coefficient (Wildman–Crippen LogP) is 6.65. The SMILES string of the molecule is COCC(=O)N1CCCCCCCN(C(=O)CCCc2nc3ccccc3s2)Cc2cc(-c3cccnc3)ccc21. The van der Waals surface area contributed by atoms with Gasteiger partial charge >= 0.3 is 0 Å². The molecule has 0 N–H and O–H groups in total. The van der Waals surface area contributed by atoms with E-state index >= 15 is 0 Å². The topological polar surface area (TPSA) is 75.6 Å². The van der Waals surface area contributed by atoms with Gasteiger partial charge in [-0.3, -0.25) is 14.6 Å². The van der Waals surface area contributed by atoms with Crippen molar-refractivity contribution in [2.24, 2.45) is 0 Å². The van der Waals surface area contributed by atoms with E-state index in [0.29, 0.717) is 26.1 Å². The van der Waals surface area contributed by atoms with E-state index in [1.54, 1.807) is 24.6 Å². The summed E-state index contributed by atoms with van der Waals surface area (Å²) in [7, 11) is 1.55. The van der Waals surface area contributed by atoms with Crippen molar-refractivity contribution in [1.29, 1.82) is 0 Å². The summed E-state index contributed by atoms with van der Waals surface area (Å²) >= 11 is 1.71. The van der Waals surface area contributed by atoms with Gasteiger partial charge in [0.1, 0.15) is 6.61 Å². The minimum atomic E-state index is -0.0614. The molecule has 0 fully saturated rings. The summed E-state index contributed by atoms with van der Waals surface area (Å²) in [5.74, 6) is 0.0873. The number of ether oxygens (including phenoxy) is 1. The number of aryl methyl sites for hydroxylation is 1. The average molecular weight is 571 g/mol. The Morgan fingerprint density at radius 2 is 1.76 bits per heavy atom. The summed E-state index contributed by atoms with van der Waals surface area (Å²) < 4.78 is 6.41. The summed E-state index contributed by atoms with van der Waals surface area (Å²) in [5, 5.41) is 1.08. The van der Waals surface area contributed by atoms with E-state index in [4.69, 9.17) is 9.72 Å². The molecule has 0 radical (unpaired) electrons. The highest BCUT2D eigenvalue weighted by Gasteiger charge is 2.23. The quantitative estimate of drug-likeness (QED) is 0.249. The van der Waals surface area contributed by atoms with E-state index in [2.05, 4.69) is 17.1 Å². The van der Waals surface area contributed by atoms with Gasteiger partial charge in [0.2, 0.25) is 5.91 Å². The molecule has 7 nitrogen and oxygen atoms in total. The number of pyridine rings is 1. The Bertz CT molecular complexity index is 1420. The van der Waals surface area contributed by atoms with E-state index in [1.165, 1.54) is 4.70 Å². The smallest absolute Gasteiger partial charge is 0.252 e. The summed E-state index contributed by atoms with van der Waals surface area (Å²) in [4.78, 5) is 39.7. The van der Waals surface area contributed by atoms with Crippen molar-refractivity contribution in [2.45, 2.75) is 57.9 Å². The average Bonchev–Trinajstić information content (AvgIpc) is 3.41. The lowest BCUT2D eigenvalue weighted by molar-refractivity contribution is -0.132. The molecule has 2 aromatic carbocycles. The molecule has 0 spiro atoms. The maximum atomic E-state index is 13.7. The minimum Gasteiger partial charge on any atom is -0.375 e. The van der Waals surface area contributed by atoms with Crippen LogP contribution in [0.2, 0.25) is 0 Å². The van der Waals surface area contributed by atoms with Gasteiger partial charge in [-0.1, -0.05) is 43.5 Å². The molecule has 0 atom stereocenters. The van der Waals surface area contributed by atoms with Gasteiger partial charge in [-0.05, 0) is 72.7 Å². The number of anilines is 1. The molecule has 214 valence electrons. The molecule has 2 aromatic heterocycles. The molecular formula is C33H38N4O3S. The molecular weight excluding hydrogens is 532 g/mol. The monoisotopic (exact) mass is 570 g/mol. The van der Waals surface area contributed by atoms with Crippen molar-refractivity contribution in [3.05, 3.63) is 77.6 Å². The van der Waals surface area contributed by atoms with Crippen molar-refractivity contribution < 1.29 is 14.3 Å². The normalized spacial score (nSPS) is 14.8. The van der Waals surface area contributed by atoms with Crippen molar-refractivity contribution in [1.82, 2.24) is 14.9 Å². The highest BCUT2D eigenvalue weighted by molar-refractivity contribution is 7.18. The highest BCUT2D eigenvalue weighted by atomic mass is 32.1. The third kappa shape index (κ3) is 7.57. The first-order chi connectivity index (χ1) is 20.1. The zero-order chi connectivity index (χ0) is 28.4. The van der Waals surface area contributed by atoms with Gasteiger partial charge in [0.25, 0.3) is 5.91 Å². The van der Waals surface area contributed by atoms with Crippen molar-refractivity contribution in [2.75, 3.05) is 31.7 Å². The number of amides is 2. The second kappa shape index (κ2) is 14.3. The Hall–Kier alpha value is -3.62. The number of hydrogen-bond donors (Lipinski definition) is 0. The molecule has 0 bridgehead atoms. The van der Waals surface area contributed by atoms with E-state index in [-0.39, 0.29) is 18.4 Å². The van der Waals surface area contributed by atoms with Crippen LogP contribution in [0.15, 0.2) is 67.0 Å². The molecule has 8 heteroatoms. The van der Waals surface area contributed by atoms with E-state index in [9.17, 15) is 9.59 Å². The van der Waals surface area contributed by atoms with Crippen LogP contribution >= 0.6 is 11.3 Å². The Morgan fingerprint density at radius 3 is 2.56 bits per heavy atom. The van der Waals surface area contributed by atoms with Crippen molar-refractivity contribution >= 4 is 39.1 Å². The summed E-state index contributed by atoms with van der Waals surface area (Å²) in [5.41, 5.74) is 4.87. The predicted molar refractivity (Wildman–Crippen MR) is 165 cm³/mol. The lowest BCUT2D eigenvalue weighted by Crippen LogP contribution is -2.37. The maximum absolute atomic E-state index is 13.7. The zero-order valence-electron chi connectivity index (χ0n) is 23.8. The number of methoxy groups -OCH3 is 1. The Kier molecular flexibility index (Phi) is 10.1. The first-order valence-corrected chi connectivity index (χ1v) is 15.4. The fourth-order valence-electron chi connectivity index (χ4n) is 5.45. The largest absolute Gasteiger partial charge is 0.375 e. The number of para-hydroxylation sites is 1. The number of fused-ring (bicyclic) bond motifs is 2. The molecule has 0 saturated heterocycles. The third-order valence-electron chi connectivity index (χ3n) is 7.58. The van der Waals surface area contributed by atoms with Gasteiger partial charge < -0.3 is 14.5 Å². The number of nitrogens with zero attached hydrogens (tertiary/aromatic N) is 4. The minimum absolute atomic E-state index is 0.0260. The molecule has 1 aliphatic rings. The summed E-state index contributed by atoms with van der Waals surface area (Å²) in [6.45, 7) is 1.83. The van der Waals surface area contributed by atoms with Crippen LogP contribution in [0.25, 0.3) is 21.3 Å². The van der Waals surface area contributed by atoms with Crippen LogP contribution in [0.3, 0.4) is 0 Å². The molecule has 41 heavy (non-hydrogen) atoms. The Morgan fingerprint density at radius 1 is 0.927 bits per heavy atom. The van der Waals surface area contributed by atoms with E-state index < -0.39 is 0 Å². The fourth-order valence-corrected chi connectivity index (χ4v) is 6.45. The number of thiazole rings is 1. The number of aromatic nitrogens is 2. The zero-order valence-corrected chi connectivity index (χ0v) is 24.6. The van der Waals surface area contributed by atoms with Crippen molar-refractivity contribution in [3.63, 3.8) is 0 Å². The maximum Gasteiger partial charge on any atom is 0.252 e. The first-order valence-electron chi connectivity index (χ1n) is 14.6. The lowest BCUT2D eigenvalue weighted by Gasteiger charge is -2.30. The molecule has 1 aliphatic heterocycles. The summed E-state index contributed by atoms with van der Waals surface area (Å²) in [6, 6.07) is 18.3. The van der Waals surface area contributed by atoms with E-state index in [1.807, 2.05) is 58.5 Å². The highest BCUT2D eigenvalue weighted by Crippen LogP contribution is 2.30. The first kappa shape index (κ1) is 28.9. The van der Waals surface area contributed by atoms with Gasteiger partial charge in [0.05, 0.1) is 15.2 Å². The lowest BCUT2D eigenvalue weighted by atomic mass is 10.0. The summed E-state index contributed by atoms with van der Waals surface area (Å²) in [6.07, 6.45) is 10.8. The molecule has 0 aliphatic carbocycles. The molecule has 5 rings (SSSR count). The number of rotatable bonds is 7. The molecule has 0 unspecified atom stereocenters.